The van der Waals surface area contributed by atoms with Gasteiger partial charge < -0.3 is 41.2 Å². The Morgan fingerprint density at radius 1 is 1.14 bits per heavy atom. The van der Waals surface area contributed by atoms with Crippen LogP contribution in [0.15, 0.2) is 30.3 Å². The molecule has 1 fully saturated rings. The van der Waals surface area contributed by atoms with Crippen LogP contribution in [-0.2, 0) is 6.54 Å². The molecule has 3 unspecified atom stereocenters. The molecule has 4 atom stereocenters. The maximum atomic E-state index is 13.2. The highest BCUT2D eigenvalue weighted by Gasteiger charge is 2.40. The fraction of sp³-hybridized carbons (Fsp3) is 0.462. The molecule has 2 aliphatic rings. The number of hydrogen-bond acceptors (Lipinski definition) is 8. The number of carbonyl (C=O) groups is 2. The van der Waals surface area contributed by atoms with Gasteiger partial charge in [-0.2, -0.15) is 0 Å². The molecule has 36 heavy (non-hydrogen) atoms. The normalized spacial score (nSPS) is 22.9. The van der Waals surface area contributed by atoms with E-state index in [2.05, 4.69) is 17.6 Å². The number of ether oxygens (including phenoxy) is 2. The standard InChI is InChI=1S/C26H33N3O7/c1-2-3-7-28-12-14-5-4-6-15(8-14)26(34)29-18-11-20(31)19(30)9-16(18)17-10-21-24(36-13-35-21)23(32)22(17)25(27)33/h4-6,8,10,16,18-20,28,30-32H,2-3,7,9,11-13H2,1H3,(H2,27,33)(H,29,34)/t16?,18?,19-,20?/m0/s1. The fourth-order valence-electron chi connectivity index (χ4n) is 4.87. The summed E-state index contributed by atoms with van der Waals surface area (Å²) in [7, 11) is 0. The van der Waals surface area contributed by atoms with E-state index in [-0.39, 0.29) is 42.6 Å². The number of rotatable bonds is 9. The minimum Gasteiger partial charge on any atom is -0.504 e. The van der Waals surface area contributed by atoms with E-state index in [0.29, 0.717) is 17.7 Å². The van der Waals surface area contributed by atoms with Gasteiger partial charge in [0.05, 0.1) is 17.8 Å². The molecule has 2 amide bonds. The summed E-state index contributed by atoms with van der Waals surface area (Å²) in [5.74, 6) is -2.05. The molecule has 1 heterocycles. The molecule has 1 aliphatic heterocycles. The highest BCUT2D eigenvalue weighted by atomic mass is 16.7. The van der Waals surface area contributed by atoms with E-state index >= 15 is 0 Å². The molecule has 10 heteroatoms. The van der Waals surface area contributed by atoms with Crippen molar-refractivity contribution in [3.8, 4) is 17.2 Å². The Balaban J connectivity index is 1.60. The Hall–Kier alpha value is -3.34. The second-order valence-electron chi connectivity index (χ2n) is 9.31. The van der Waals surface area contributed by atoms with Gasteiger partial charge in [0, 0.05) is 24.1 Å². The molecule has 4 rings (SSSR count). The Labute approximate surface area is 209 Å². The topological polar surface area (TPSA) is 163 Å². The summed E-state index contributed by atoms with van der Waals surface area (Å²) in [4.78, 5) is 25.5. The monoisotopic (exact) mass is 499 g/mol. The Morgan fingerprint density at radius 2 is 1.92 bits per heavy atom. The maximum Gasteiger partial charge on any atom is 0.252 e. The lowest BCUT2D eigenvalue weighted by Crippen LogP contribution is -2.49. The van der Waals surface area contributed by atoms with Crippen LogP contribution in [0.5, 0.6) is 17.2 Å². The van der Waals surface area contributed by atoms with Gasteiger partial charge in [-0.15, -0.1) is 0 Å². The van der Waals surface area contributed by atoms with Crippen molar-refractivity contribution in [2.24, 2.45) is 5.73 Å². The van der Waals surface area contributed by atoms with Crippen LogP contribution in [0, 0.1) is 0 Å². The van der Waals surface area contributed by atoms with Crippen LogP contribution in [0.4, 0.5) is 0 Å². The number of nitrogens with one attached hydrogen (secondary N) is 2. The molecule has 0 radical (unpaired) electrons. The highest BCUT2D eigenvalue weighted by molar-refractivity contribution is 5.99. The lowest BCUT2D eigenvalue weighted by atomic mass is 9.75. The van der Waals surface area contributed by atoms with Gasteiger partial charge in [0.25, 0.3) is 11.8 Å². The number of amides is 2. The van der Waals surface area contributed by atoms with E-state index in [0.717, 1.165) is 24.9 Å². The number of aromatic hydroxyl groups is 1. The van der Waals surface area contributed by atoms with Gasteiger partial charge in [0.2, 0.25) is 12.5 Å². The summed E-state index contributed by atoms with van der Waals surface area (Å²) in [6.07, 6.45) is 0.0853. The van der Waals surface area contributed by atoms with E-state index in [1.165, 1.54) is 0 Å². The van der Waals surface area contributed by atoms with Crippen LogP contribution in [0.25, 0.3) is 0 Å². The molecule has 0 saturated heterocycles. The molecule has 0 spiro atoms. The molecular weight excluding hydrogens is 466 g/mol. The molecule has 2 aromatic rings. The minimum absolute atomic E-state index is 0.0221. The van der Waals surface area contributed by atoms with Crippen LogP contribution in [0.2, 0.25) is 0 Å². The van der Waals surface area contributed by atoms with E-state index in [4.69, 9.17) is 15.2 Å². The molecule has 2 aromatic carbocycles. The summed E-state index contributed by atoms with van der Waals surface area (Å²) in [5, 5.41) is 37.8. The minimum atomic E-state index is -1.09. The maximum absolute atomic E-state index is 13.2. The van der Waals surface area contributed by atoms with E-state index < -0.39 is 35.8 Å². The fourth-order valence-corrected chi connectivity index (χ4v) is 4.87. The summed E-state index contributed by atoms with van der Waals surface area (Å²) < 4.78 is 10.7. The first-order valence-corrected chi connectivity index (χ1v) is 12.2. The van der Waals surface area contributed by atoms with E-state index in [1.807, 2.05) is 12.1 Å². The molecule has 1 saturated carbocycles. The molecule has 1 aliphatic carbocycles. The third kappa shape index (κ3) is 5.40. The summed E-state index contributed by atoms with van der Waals surface area (Å²) in [6.45, 7) is 3.52. The number of primary amides is 1. The Kier molecular flexibility index (Phi) is 7.97. The van der Waals surface area contributed by atoms with Crippen molar-refractivity contribution in [3.05, 3.63) is 52.6 Å². The van der Waals surface area contributed by atoms with Crippen molar-refractivity contribution in [1.82, 2.24) is 10.6 Å². The number of hydrogen-bond donors (Lipinski definition) is 6. The SMILES string of the molecule is CCCCNCc1cccc(C(=O)NC2CC(O)[C@@H](O)CC2c2cc3c(c(O)c2C(N)=O)OCO3)c1. The number of carbonyl (C=O) groups excluding carboxylic acids is 2. The predicted octanol–water partition coefficient (Wildman–Crippen LogP) is 1.51. The molecule has 0 bridgehead atoms. The van der Waals surface area contributed by atoms with Gasteiger partial charge in [0.1, 0.15) is 0 Å². The second-order valence-corrected chi connectivity index (χ2v) is 9.31. The number of phenols is 1. The molecular formula is C26H33N3O7. The number of aliphatic hydroxyl groups excluding tert-OH is 2. The van der Waals surface area contributed by atoms with E-state index in [1.54, 1.807) is 18.2 Å². The van der Waals surface area contributed by atoms with Gasteiger partial charge >= 0.3 is 0 Å². The van der Waals surface area contributed by atoms with E-state index in [9.17, 15) is 24.9 Å². The van der Waals surface area contributed by atoms with Crippen LogP contribution < -0.4 is 25.8 Å². The lowest BCUT2D eigenvalue weighted by Gasteiger charge is -2.38. The van der Waals surface area contributed by atoms with Crippen LogP contribution in [0.3, 0.4) is 0 Å². The summed E-state index contributed by atoms with van der Waals surface area (Å²) in [6, 6.07) is 8.14. The zero-order valence-electron chi connectivity index (χ0n) is 20.2. The largest absolute Gasteiger partial charge is 0.504 e. The third-order valence-corrected chi connectivity index (χ3v) is 6.78. The van der Waals surface area contributed by atoms with Gasteiger partial charge in [-0.1, -0.05) is 25.5 Å². The van der Waals surface area contributed by atoms with Gasteiger partial charge in [-0.25, -0.2) is 0 Å². The average Bonchev–Trinajstić information content (AvgIpc) is 3.33. The van der Waals surface area contributed by atoms with Gasteiger partial charge in [-0.05, 0) is 55.1 Å². The van der Waals surface area contributed by atoms with Crippen molar-refractivity contribution in [2.45, 2.75) is 63.3 Å². The quantitative estimate of drug-likeness (QED) is 0.283. The molecule has 194 valence electrons. The Morgan fingerprint density at radius 3 is 2.67 bits per heavy atom. The number of benzene rings is 2. The number of nitrogens with two attached hydrogens (primary N) is 1. The zero-order valence-corrected chi connectivity index (χ0v) is 20.2. The van der Waals surface area contributed by atoms with Crippen molar-refractivity contribution >= 4 is 11.8 Å². The van der Waals surface area contributed by atoms with Gasteiger partial charge in [0.15, 0.2) is 11.5 Å². The molecule has 7 N–H and O–H groups in total. The molecule has 0 aromatic heterocycles. The number of fused-ring (bicyclic) bond motifs is 1. The third-order valence-electron chi connectivity index (χ3n) is 6.78. The zero-order chi connectivity index (χ0) is 25.8. The summed E-state index contributed by atoms with van der Waals surface area (Å²) >= 11 is 0. The van der Waals surface area contributed by atoms with Crippen molar-refractivity contribution < 1.29 is 34.4 Å². The van der Waals surface area contributed by atoms with Gasteiger partial charge in [-0.3, -0.25) is 9.59 Å². The first-order valence-electron chi connectivity index (χ1n) is 12.2. The van der Waals surface area contributed by atoms with Crippen molar-refractivity contribution in [2.75, 3.05) is 13.3 Å². The highest BCUT2D eigenvalue weighted by Crippen LogP contribution is 2.48. The number of aliphatic hydroxyl groups is 2. The predicted molar refractivity (Wildman–Crippen MR) is 131 cm³/mol. The first kappa shape index (κ1) is 25.7. The lowest BCUT2D eigenvalue weighted by molar-refractivity contribution is -0.0248. The van der Waals surface area contributed by atoms with Crippen LogP contribution in [0.1, 0.15) is 70.4 Å². The Bertz CT molecular complexity index is 1120. The van der Waals surface area contributed by atoms with Crippen LogP contribution in [-0.4, -0.2) is 58.7 Å². The number of unbranched alkanes of at least 4 members (excludes halogenated alkanes) is 1. The van der Waals surface area contributed by atoms with Crippen LogP contribution >= 0.6 is 0 Å². The van der Waals surface area contributed by atoms with Crippen molar-refractivity contribution in [1.29, 1.82) is 0 Å². The molecule has 10 nitrogen and oxygen atoms in total. The second kappa shape index (κ2) is 11.2. The average molecular weight is 500 g/mol. The summed E-state index contributed by atoms with van der Waals surface area (Å²) in [5.41, 5.74) is 7.16. The first-order chi connectivity index (χ1) is 17.3. The van der Waals surface area contributed by atoms with Crippen molar-refractivity contribution in [3.63, 3.8) is 0 Å². The smallest absolute Gasteiger partial charge is 0.252 e.